The second-order valence-electron chi connectivity index (χ2n) is 4.60. The van der Waals surface area contributed by atoms with Crippen LogP contribution in [0.2, 0.25) is 0 Å². The lowest BCUT2D eigenvalue weighted by Crippen LogP contribution is -2.51. The maximum absolute atomic E-state index is 11.5. The molecular formula is C11H19N3O2. The second kappa shape index (κ2) is 4.82. The van der Waals surface area contributed by atoms with Gasteiger partial charge in [0.2, 0.25) is 5.91 Å². The summed E-state index contributed by atoms with van der Waals surface area (Å²) in [5.74, 6) is 0.418. The molecule has 5 heteroatoms. The lowest BCUT2D eigenvalue weighted by Gasteiger charge is -2.28. The Balaban J connectivity index is 1.81. The maximum atomic E-state index is 11.5. The topological polar surface area (TPSA) is 52.6 Å². The van der Waals surface area contributed by atoms with Gasteiger partial charge >= 0.3 is 6.03 Å². The summed E-state index contributed by atoms with van der Waals surface area (Å²) in [5, 5.41) is 2.36. The van der Waals surface area contributed by atoms with E-state index in [9.17, 15) is 9.59 Å². The molecule has 0 bridgehead atoms. The molecule has 1 N–H and O–H groups in total. The van der Waals surface area contributed by atoms with Crippen molar-refractivity contribution in [2.75, 3.05) is 32.7 Å². The van der Waals surface area contributed by atoms with E-state index < -0.39 is 0 Å². The smallest absolute Gasteiger partial charge is 0.324 e. The van der Waals surface area contributed by atoms with Crippen LogP contribution in [0.1, 0.15) is 19.8 Å². The molecule has 0 spiro atoms. The Hall–Kier alpha value is -1.10. The van der Waals surface area contributed by atoms with E-state index in [1.165, 1.54) is 0 Å². The average Bonchev–Trinajstić information content (AvgIpc) is 2.70. The number of nitrogens with one attached hydrogen (secondary N) is 1. The number of carbonyl (C=O) groups excluding carboxylic acids is 2. The number of hydrogen-bond acceptors (Lipinski definition) is 3. The van der Waals surface area contributed by atoms with Crippen LogP contribution in [0.3, 0.4) is 0 Å². The summed E-state index contributed by atoms with van der Waals surface area (Å²) >= 11 is 0. The van der Waals surface area contributed by atoms with Crippen molar-refractivity contribution < 1.29 is 9.59 Å². The van der Waals surface area contributed by atoms with Crippen molar-refractivity contribution in [2.45, 2.75) is 19.8 Å². The van der Waals surface area contributed by atoms with Gasteiger partial charge < -0.3 is 9.80 Å². The summed E-state index contributed by atoms with van der Waals surface area (Å²) in [6.45, 7) is 6.82. The van der Waals surface area contributed by atoms with Crippen LogP contribution in [-0.2, 0) is 4.79 Å². The Kier molecular flexibility index (Phi) is 3.43. The molecule has 0 aromatic rings. The molecule has 16 heavy (non-hydrogen) atoms. The highest BCUT2D eigenvalue weighted by Crippen LogP contribution is 2.17. The van der Waals surface area contributed by atoms with E-state index in [1.54, 1.807) is 4.90 Å². The van der Waals surface area contributed by atoms with Crippen LogP contribution in [0.4, 0.5) is 4.79 Å². The molecule has 1 unspecified atom stereocenters. The predicted octanol–water partition coefficient (Wildman–Crippen LogP) is 0.270. The first-order valence-electron chi connectivity index (χ1n) is 6.00. The number of hydrogen-bond donors (Lipinski definition) is 1. The minimum absolute atomic E-state index is 0.150. The number of carbonyl (C=O) groups is 2. The predicted molar refractivity (Wildman–Crippen MR) is 59.9 cm³/mol. The Labute approximate surface area is 95.8 Å². The van der Waals surface area contributed by atoms with Crippen molar-refractivity contribution in [2.24, 2.45) is 5.92 Å². The zero-order chi connectivity index (χ0) is 11.5. The van der Waals surface area contributed by atoms with Gasteiger partial charge in [-0.05, 0) is 25.4 Å². The van der Waals surface area contributed by atoms with E-state index >= 15 is 0 Å². The van der Waals surface area contributed by atoms with Crippen LogP contribution < -0.4 is 5.32 Å². The third kappa shape index (κ3) is 2.52. The van der Waals surface area contributed by atoms with Crippen LogP contribution >= 0.6 is 0 Å². The van der Waals surface area contributed by atoms with E-state index in [0.717, 1.165) is 32.6 Å². The zero-order valence-electron chi connectivity index (χ0n) is 9.74. The van der Waals surface area contributed by atoms with Gasteiger partial charge in [-0.25, -0.2) is 4.79 Å². The Morgan fingerprint density at radius 2 is 2.19 bits per heavy atom. The third-order valence-corrected chi connectivity index (χ3v) is 3.44. The lowest BCUT2D eigenvalue weighted by molar-refractivity contribution is -0.121. The fraction of sp³-hybridized carbons (Fsp3) is 0.818. The summed E-state index contributed by atoms with van der Waals surface area (Å²) in [4.78, 5) is 26.7. The van der Waals surface area contributed by atoms with Crippen LogP contribution in [0.15, 0.2) is 0 Å². The molecule has 2 rings (SSSR count). The minimum Gasteiger partial charge on any atom is -0.324 e. The van der Waals surface area contributed by atoms with Gasteiger partial charge in [0.1, 0.15) is 0 Å². The fourth-order valence-corrected chi connectivity index (χ4v) is 2.43. The second-order valence-corrected chi connectivity index (χ2v) is 4.60. The molecular weight excluding hydrogens is 206 g/mol. The number of amides is 3. The quantitative estimate of drug-likeness (QED) is 0.750. The first kappa shape index (κ1) is 11.4. The summed E-state index contributed by atoms with van der Waals surface area (Å²) in [7, 11) is 0. The van der Waals surface area contributed by atoms with E-state index in [0.29, 0.717) is 18.9 Å². The molecule has 2 heterocycles. The van der Waals surface area contributed by atoms with Gasteiger partial charge in [-0.1, -0.05) is 6.92 Å². The van der Waals surface area contributed by atoms with Crippen LogP contribution in [0.5, 0.6) is 0 Å². The normalized spacial score (nSPS) is 27.3. The highest BCUT2D eigenvalue weighted by molar-refractivity contribution is 5.96. The molecule has 1 atom stereocenters. The molecule has 0 aliphatic carbocycles. The van der Waals surface area contributed by atoms with E-state index in [-0.39, 0.29) is 11.9 Å². The van der Waals surface area contributed by atoms with Gasteiger partial charge in [0.05, 0.1) is 0 Å². The SMILES string of the molecule is CCN1CCC(CN2CCC(=O)NC2=O)C1. The van der Waals surface area contributed by atoms with Crippen molar-refractivity contribution in [3.05, 3.63) is 0 Å². The van der Waals surface area contributed by atoms with E-state index in [1.807, 2.05) is 0 Å². The first-order chi connectivity index (χ1) is 7.69. The van der Waals surface area contributed by atoms with Gasteiger partial charge in [-0.15, -0.1) is 0 Å². The van der Waals surface area contributed by atoms with Crippen LogP contribution in [-0.4, -0.2) is 54.5 Å². The van der Waals surface area contributed by atoms with Crippen molar-refractivity contribution in [1.82, 2.24) is 15.1 Å². The summed E-state index contributed by atoms with van der Waals surface area (Å²) in [6, 6.07) is -0.216. The zero-order valence-corrected chi connectivity index (χ0v) is 9.74. The van der Waals surface area contributed by atoms with Gasteiger partial charge in [0.25, 0.3) is 0 Å². The molecule has 0 radical (unpaired) electrons. The molecule has 2 aliphatic heterocycles. The summed E-state index contributed by atoms with van der Waals surface area (Å²) < 4.78 is 0. The van der Waals surface area contributed by atoms with Crippen molar-refractivity contribution >= 4 is 11.9 Å². The Bertz CT molecular complexity index is 293. The fourth-order valence-electron chi connectivity index (χ4n) is 2.43. The van der Waals surface area contributed by atoms with E-state index in [4.69, 9.17) is 0 Å². The Morgan fingerprint density at radius 3 is 2.81 bits per heavy atom. The monoisotopic (exact) mass is 225 g/mol. The van der Waals surface area contributed by atoms with Crippen molar-refractivity contribution in [1.29, 1.82) is 0 Å². The number of imide groups is 1. The maximum Gasteiger partial charge on any atom is 0.324 e. The molecule has 5 nitrogen and oxygen atoms in total. The molecule has 0 saturated carbocycles. The summed E-state index contributed by atoms with van der Waals surface area (Å²) in [5.41, 5.74) is 0. The largest absolute Gasteiger partial charge is 0.324 e. The van der Waals surface area contributed by atoms with Crippen molar-refractivity contribution in [3.8, 4) is 0 Å². The third-order valence-electron chi connectivity index (χ3n) is 3.44. The van der Waals surface area contributed by atoms with Crippen LogP contribution in [0, 0.1) is 5.92 Å². The number of likely N-dealkylation sites (tertiary alicyclic amines) is 1. The molecule has 0 aromatic heterocycles. The first-order valence-corrected chi connectivity index (χ1v) is 6.00. The number of urea groups is 1. The molecule has 2 saturated heterocycles. The minimum atomic E-state index is -0.216. The van der Waals surface area contributed by atoms with Gasteiger partial charge in [0, 0.05) is 26.1 Å². The molecule has 0 aromatic carbocycles. The highest BCUT2D eigenvalue weighted by atomic mass is 16.2. The Morgan fingerprint density at radius 1 is 1.38 bits per heavy atom. The molecule has 3 amide bonds. The number of nitrogens with zero attached hydrogens (tertiary/aromatic N) is 2. The van der Waals surface area contributed by atoms with Crippen molar-refractivity contribution in [3.63, 3.8) is 0 Å². The van der Waals surface area contributed by atoms with Crippen LogP contribution in [0.25, 0.3) is 0 Å². The molecule has 2 aliphatic rings. The average molecular weight is 225 g/mol. The van der Waals surface area contributed by atoms with Gasteiger partial charge in [-0.2, -0.15) is 0 Å². The van der Waals surface area contributed by atoms with Gasteiger partial charge in [-0.3, -0.25) is 10.1 Å². The standard InChI is InChI=1S/C11H19N3O2/c1-2-13-5-3-9(7-13)8-14-6-4-10(15)12-11(14)16/h9H,2-8H2,1H3,(H,12,15,16). The van der Waals surface area contributed by atoms with E-state index in [2.05, 4.69) is 17.1 Å². The lowest BCUT2D eigenvalue weighted by atomic mass is 10.1. The van der Waals surface area contributed by atoms with Gasteiger partial charge in [0.15, 0.2) is 0 Å². The molecule has 2 fully saturated rings. The molecule has 90 valence electrons. The summed E-state index contributed by atoms with van der Waals surface area (Å²) in [6.07, 6.45) is 1.60. The highest BCUT2D eigenvalue weighted by Gasteiger charge is 2.28. The number of rotatable bonds is 3.